The number of alkyl halides is 5. The Morgan fingerprint density at radius 3 is 2.24 bits per heavy atom. The largest absolute Gasteiger partial charge is 0.392 e. The zero-order valence-electron chi connectivity index (χ0n) is 16.7. The van der Waals surface area contributed by atoms with Crippen LogP contribution in [0.2, 0.25) is 10.0 Å². The number of anilines is 2. The monoisotopic (exact) mass is 544 g/mol. The van der Waals surface area contributed by atoms with Crippen LogP contribution in [0.4, 0.5) is 28.9 Å². The molecule has 33 heavy (non-hydrogen) atoms. The van der Waals surface area contributed by atoms with Gasteiger partial charge in [0, 0.05) is 28.1 Å². The van der Waals surface area contributed by atoms with Crippen LogP contribution in [0.5, 0.6) is 0 Å². The normalized spacial score (nSPS) is 20.2. The summed E-state index contributed by atoms with van der Waals surface area (Å²) in [5, 5.41) is 5.29. The highest BCUT2D eigenvalue weighted by atomic mass is 35.5. The number of halogens is 8. The molecule has 0 bridgehead atoms. The minimum Gasteiger partial charge on any atom is -0.326 e. The first kappa shape index (κ1) is 25.9. The Balaban J connectivity index is 1.71. The van der Waals surface area contributed by atoms with Crippen molar-refractivity contribution in [1.82, 2.24) is 0 Å². The molecule has 1 saturated carbocycles. The molecule has 2 aromatic rings. The maximum absolute atomic E-state index is 14.1. The zero-order chi connectivity index (χ0) is 24.7. The molecular weight excluding hydrogens is 530 g/mol. The minimum atomic E-state index is -4.56. The summed E-state index contributed by atoms with van der Waals surface area (Å²) in [4.78, 5) is 24.7. The quantitative estimate of drug-likeness (QED) is 0.298. The Kier molecular flexibility index (Phi) is 7.44. The second-order valence-electron chi connectivity index (χ2n) is 7.71. The number of benzene rings is 2. The van der Waals surface area contributed by atoms with Crippen LogP contribution in [0.25, 0.3) is 0 Å². The van der Waals surface area contributed by atoms with E-state index >= 15 is 0 Å². The van der Waals surface area contributed by atoms with Gasteiger partial charge in [0.2, 0.25) is 11.8 Å². The van der Waals surface area contributed by atoms with Crippen LogP contribution in [0.1, 0.15) is 24.8 Å². The maximum Gasteiger partial charge on any atom is 0.392 e. The number of hydrogen-bond acceptors (Lipinski definition) is 2. The summed E-state index contributed by atoms with van der Waals surface area (Å²) in [6.45, 7) is 0.844. The molecule has 2 N–H and O–H groups in total. The number of carbonyl (C=O) groups excluding carboxylic acids is 2. The lowest BCUT2D eigenvalue weighted by molar-refractivity contribution is -0.173. The average molecular weight is 546 g/mol. The van der Waals surface area contributed by atoms with E-state index in [9.17, 15) is 27.2 Å². The third-order valence-electron chi connectivity index (χ3n) is 5.14. The Morgan fingerprint density at radius 2 is 1.67 bits per heavy atom. The molecule has 12 heteroatoms. The lowest BCUT2D eigenvalue weighted by Gasteiger charge is -2.15. The molecule has 3 rings (SSSR count). The molecule has 3 atom stereocenters. The first-order valence-electron chi connectivity index (χ1n) is 9.51. The standard InChI is InChI=1S/C21H16Cl4F4N2O2/c1-9(21(27,28)29)4-16(32)31-15-8-13(2-3-14(15)26)30-19(33)18-17(20(18,24)25)10-5-11(22)7-12(23)6-10/h2-3,5-9,17-18H,4H2,1H3,(H,30,33)(H,31,32)/t9?,17-,18+/m0/s1. The highest BCUT2D eigenvalue weighted by Crippen LogP contribution is 2.65. The first-order valence-corrected chi connectivity index (χ1v) is 11.0. The van der Waals surface area contributed by atoms with Gasteiger partial charge in [-0.2, -0.15) is 13.2 Å². The fourth-order valence-corrected chi connectivity index (χ4v) is 4.71. The molecule has 178 valence electrons. The Morgan fingerprint density at radius 1 is 1.06 bits per heavy atom. The van der Waals surface area contributed by atoms with E-state index in [-0.39, 0.29) is 11.4 Å². The van der Waals surface area contributed by atoms with Crippen LogP contribution in [-0.2, 0) is 9.59 Å². The Labute approximate surface area is 206 Å². The third kappa shape index (κ3) is 6.04. The summed E-state index contributed by atoms with van der Waals surface area (Å²) >= 11 is 24.6. The van der Waals surface area contributed by atoms with Gasteiger partial charge in [0.1, 0.15) is 10.2 Å². The lowest BCUT2D eigenvalue weighted by Crippen LogP contribution is -2.26. The predicted octanol–water partition coefficient (Wildman–Crippen LogP) is 7.19. The second-order valence-corrected chi connectivity index (χ2v) is 10.0. The van der Waals surface area contributed by atoms with Gasteiger partial charge < -0.3 is 10.6 Å². The van der Waals surface area contributed by atoms with Gasteiger partial charge in [-0.15, -0.1) is 23.2 Å². The van der Waals surface area contributed by atoms with Gasteiger partial charge in [-0.25, -0.2) is 4.39 Å². The first-order chi connectivity index (χ1) is 15.2. The number of amides is 2. The van der Waals surface area contributed by atoms with E-state index in [4.69, 9.17) is 46.4 Å². The molecule has 0 saturated heterocycles. The molecule has 0 heterocycles. The molecule has 4 nitrogen and oxygen atoms in total. The van der Waals surface area contributed by atoms with Crippen LogP contribution in [-0.4, -0.2) is 22.3 Å². The zero-order valence-corrected chi connectivity index (χ0v) is 19.8. The average Bonchev–Trinajstić information content (AvgIpc) is 3.25. The van der Waals surface area contributed by atoms with E-state index in [2.05, 4.69) is 10.6 Å². The van der Waals surface area contributed by atoms with Gasteiger partial charge in [-0.3, -0.25) is 9.59 Å². The van der Waals surface area contributed by atoms with Crippen molar-refractivity contribution in [1.29, 1.82) is 0 Å². The van der Waals surface area contributed by atoms with Gasteiger partial charge in [0.05, 0.1) is 17.5 Å². The summed E-state index contributed by atoms with van der Waals surface area (Å²) in [5.41, 5.74) is 0.257. The van der Waals surface area contributed by atoms with Gasteiger partial charge in [-0.05, 0) is 42.0 Å². The summed E-state index contributed by atoms with van der Waals surface area (Å²) in [7, 11) is 0. The predicted molar refractivity (Wildman–Crippen MR) is 121 cm³/mol. The second kappa shape index (κ2) is 9.49. The summed E-state index contributed by atoms with van der Waals surface area (Å²) < 4.78 is 50.6. The molecule has 0 aliphatic heterocycles. The molecule has 0 aromatic heterocycles. The van der Waals surface area contributed by atoms with Crippen molar-refractivity contribution < 1.29 is 27.2 Å². The van der Waals surface area contributed by atoms with E-state index in [0.717, 1.165) is 19.1 Å². The van der Waals surface area contributed by atoms with E-state index in [0.29, 0.717) is 15.6 Å². The van der Waals surface area contributed by atoms with Crippen molar-refractivity contribution in [2.75, 3.05) is 10.6 Å². The van der Waals surface area contributed by atoms with E-state index < -0.39 is 52.3 Å². The van der Waals surface area contributed by atoms with Gasteiger partial charge in [0.25, 0.3) is 0 Å². The molecule has 2 amide bonds. The van der Waals surface area contributed by atoms with Crippen LogP contribution in [0.15, 0.2) is 36.4 Å². The van der Waals surface area contributed by atoms with Gasteiger partial charge in [-0.1, -0.05) is 30.1 Å². The van der Waals surface area contributed by atoms with E-state index in [1.807, 2.05) is 0 Å². The summed E-state index contributed by atoms with van der Waals surface area (Å²) in [6.07, 6.45) is -5.44. The molecule has 1 aliphatic carbocycles. The van der Waals surface area contributed by atoms with E-state index in [1.165, 1.54) is 12.1 Å². The molecule has 0 radical (unpaired) electrons. The molecule has 2 aromatic carbocycles. The van der Waals surface area contributed by atoms with Crippen molar-refractivity contribution in [2.24, 2.45) is 11.8 Å². The van der Waals surface area contributed by atoms with Crippen molar-refractivity contribution in [3.8, 4) is 0 Å². The fraction of sp³-hybridized carbons (Fsp3) is 0.333. The van der Waals surface area contributed by atoms with Gasteiger partial charge >= 0.3 is 6.18 Å². The summed E-state index contributed by atoms with van der Waals surface area (Å²) in [5.74, 6) is -5.90. The fourth-order valence-electron chi connectivity index (χ4n) is 3.34. The van der Waals surface area contributed by atoms with Crippen molar-refractivity contribution in [3.05, 3.63) is 57.8 Å². The number of rotatable bonds is 6. The van der Waals surface area contributed by atoms with E-state index in [1.54, 1.807) is 12.1 Å². The topological polar surface area (TPSA) is 58.2 Å². The van der Waals surface area contributed by atoms with Crippen LogP contribution in [0, 0.1) is 17.7 Å². The number of hydrogen-bond donors (Lipinski definition) is 2. The highest BCUT2D eigenvalue weighted by molar-refractivity contribution is 6.53. The lowest BCUT2D eigenvalue weighted by atomic mass is 10.1. The third-order valence-corrected chi connectivity index (χ3v) is 6.52. The summed E-state index contributed by atoms with van der Waals surface area (Å²) in [6, 6.07) is 7.93. The van der Waals surface area contributed by atoms with Crippen molar-refractivity contribution in [2.45, 2.75) is 29.8 Å². The smallest absolute Gasteiger partial charge is 0.326 e. The number of carbonyl (C=O) groups is 2. The molecule has 1 fully saturated rings. The SMILES string of the molecule is CC(CC(=O)Nc1cc(NC(=O)[C@H]2[C@H](c3cc(Cl)cc(Cl)c3)C2(Cl)Cl)ccc1F)C(F)(F)F. The van der Waals surface area contributed by atoms with Crippen molar-refractivity contribution >= 4 is 69.6 Å². The molecular formula is C21H16Cl4F4N2O2. The van der Waals surface area contributed by atoms with Gasteiger partial charge in [0.15, 0.2) is 0 Å². The maximum atomic E-state index is 14.1. The van der Waals surface area contributed by atoms with Crippen LogP contribution >= 0.6 is 46.4 Å². The molecule has 0 spiro atoms. The molecule has 1 unspecified atom stereocenters. The minimum absolute atomic E-state index is 0.0829. The number of nitrogens with one attached hydrogen (secondary N) is 2. The van der Waals surface area contributed by atoms with Crippen LogP contribution < -0.4 is 10.6 Å². The molecule has 1 aliphatic rings. The van der Waals surface area contributed by atoms with Crippen molar-refractivity contribution in [3.63, 3.8) is 0 Å². The Bertz CT molecular complexity index is 1070. The Hall–Kier alpha value is -1.74. The van der Waals surface area contributed by atoms with Crippen LogP contribution in [0.3, 0.4) is 0 Å². The highest BCUT2D eigenvalue weighted by Gasteiger charge is 2.67.